The molecule has 0 saturated heterocycles. The summed E-state index contributed by atoms with van der Waals surface area (Å²) in [7, 11) is 6.44. The standard InChI is InChI=1S/C19H20ClNO3S.C16H18O3.C3H2ClNS.CH4/c1-11(2)19(22,17-10-21-18(20)25-17)14-6-5-12-8-15(23-3)16(24-4)9-13(12)7-14;1-10(2)16(17)12-6-5-11-8-14(18-3)15(19-4)9-13(11)7-12;4-3-5-1-2-6-3;/h5-11,22H,1-4H3;5-10H,1-4H3;1-2H;1H4. The first-order valence-corrected chi connectivity index (χ1v) is 18.1. The molecule has 2 aromatic heterocycles. The van der Waals surface area contributed by atoms with Crippen LogP contribution in [0.1, 0.15) is 55.9 Å². The number of methoxy groups -OCH3 is 4. The minimum absolute atomic E-state index is 0. The molecule has 8 nitrogen and oxygen atoms in total. The molecular weight excluding hydrogens is 727 g/mol. The summed E-state index contributed by atoms with van der Waals surface area (Å²) in [5.74, 6) is 2.79. The Hall–Kier alpha value is -3.93. The average Bonchev–Trinajstić information content (AvgIpc) is 3.80. The number of aromatic nitrogens is 2. The molecule has 0 aliphatic rings. The third-order valence-electron chi connectivity index (χ3n) is 8.03. The summed E-state index contributed by atoms with van der Waals surface area (Å²) in [6.07, 6.45) is 3.32. The molecule has 4 aromatic carbocycles. The van der Waals surface area contributed by atoms with Gasteiger partial charge in [0.05, 0.1) is 33.3 Å². The van der Waals surface area contributed by atoms with Crippen molar-refractivity contribution in [2.45, 2.75) is 40.7 Å². The number of fused-ring (bicyclic) bond motifs is 2. The minimum atomic E-state index is -1.16. The first-order valence-electron chi connectivity index (χ1n) is 15.6. The number of carbonyl (C=O) groups excluding carboxylic acids is 1. The molecule has 12 heteroatoms. The van der Waals surface area contributed by atoms with Crippen molar-refractivity contribution in [1.29, 1.82) is 0 Å². The predicted molar refractivity (Wildman–Crippen MR) is 212 cm³/mol. The van der Waals surface area contributed by atoms with Crippen LogP contribution in [0.15, 0.2) is 78.4 Å². The minimum Gasteiger partial charge on any atom is -0.493 e. The van der Waals surface area contributed by atoms with Crippen molar-refractivity contribution in [2.24, 2.45) is 11.8 Å². The Balaban J connectivity index is 0.000000238. The van der Waals surface area contributed by atoms with Gasteiger partial charge in [-0.2, -0.15) is 0 Å². The molecule has 0 amide bonds. The third-order valence-corrected chi connectivity index (χ3v) is 10.2. The maximum Gasteiger partial charge on any atom is 0.183 e. The molecule has 0 radical (unpaired) electrons. The summed E-state index contributed by atoms with van der Waals surface area (Å²) >= 11 is 14.1. The Morgan fingerprint density at radius 2 is 1.24 bits per heavy atom. The van der Waals surface area contributed by atoms with E-state index in [0.29, 0.717) is 31.9 Å². The number of nitrogens with zero attached hydrogens (tertiary/aromatic N) is 2. The van der Waals surface area contributed by atoms with Crippen molar-refractivity contribution in [3.05, 3.63) is 103 Å². The number of halogens is 2. The summed E-state index contributed by atoms with van der Waals surface area (Å²) in [5.41, 5.74) is 0.365. The van der Waals surface area contributed by atoms with E-state index in [4.69, 9.17) is 42.1 Å². The van der Waals surface area contributed by atoms with Crippen LogP contribution >= 0.6 is 45.9 Å². The monoisotopic (exact) mass is 770 g/mol. The smallest absolute Gasteiger partial charge is 0.183 e. The van der Waals surface area contributed by atoms with Crippen LogP contribution in [0.3, 0.4) is 0 Å². The van der Waals surface area contributed by atoms with E-state index in [0.717, 1.165) is 37.5 Å². The summed E-state index contributed by atoms with van der Waals surface area (Å²) in [6, 6.07) is 19.2. The molecule has 1 N–H and O–H groups in total. The molecule has 272 valence electrons. The van der Waals surface area contributed by atoms with E-state index < -0.39 is 5.60 Å². The lowest BCUT2D eigenvalue weighted by atomic mass is 9.81. The van der Waals surface area contributed by atoms with Crippen LogP contribution in [-0.4, -0.2) is 49.3 Å². The Morgan fingerprint density at radius 1 is 0.725 bits per heavy atom. The summed E-state index contributed by atoms with van der Waals surface area (Å²) in [5, 5.41) is 17.3. The van der Waals surface area contributed by atoms with Gasteiger partial charge in [-0.3, -0.25) is 4.79 Å². The third kappa shape index (κ3) is 9.69. The Kier molecular flexibility index (Phi) is 15.1. The van der Waals surface area contributed by atoms with Crippen LogP contribution in [-0.2, 0) is 5.60 Å². The van der Waals surface area contributed by atoms with Gasteiger partial charge in [-0.25, -0.2) is 9.97 Å². The number of Topliss-reactive ketones (excluding diaryl/α,β-unsaturated/α-hetero) is 1. The lowest BCUT2D eigenvalue weighted by molar-refractivity contribution is 0.0353. The maximum absolute atomic E-state index is 12.0. The molecule has 6 aromatic rings. The van der Waals surface area contributed by atoms with Crippen molar-refractivity contribution in [1.82, 2.24) is 9.97 Å². The fourth-order valence-electron chi connectivity index (χ4n) is 5.27. The van der Waals surface area contributed by atoms with E-state index in [9.17, 15) is 9.90 Å². The summed E-state index contributed by atoms with van der Waals surface area (Å²) < 4.78 is 22.3. The fraction of sp³-hybridized carbons (Fsp3) is 0.308. The van der Waals surface area contributed by atoms with Crippen LogP contribution in [0.4, 0.5) is 0 Å². The molecule has 0 spiro atoms. The normalized spacial score (nSPS) is 11.9. The van der Waals surface area contributed by atoms with E-state index in [1.165, 1.54) is 22.7 Å². The molecule has 0 bridgehead atoms. The molecule has 2 heterocycles. The number of aliphatic hydroxyl groups is 1. The topological polar surface area (TPSA) is 100 Å². The molecule has 51 heavy (non-hydrogen) atoms. The van der Waals surface area contributed by atoms with Gasteiger partial charge in [0.15, 0.2) is 37.7 Å². The highest BCUT2D eigenvalue weighted by Crippen LogP contribution is 2.42. The van der Waals surface area contributed by atoms with Gasteiger partial charge in [-0.15, -0.1) is 22.7 Å². The lowest BCUT2D eigenvalue weighted by Gasteiger charge is -2.31. The van der Waals surface area contributed by atoms with Crippen LogP contribution in [0.25, 0.3) is 21.5 Å². The van der Waals surface area contributed by atoms with Crippen molar-refractivity contribution in [3.8, 4) is 23.0 Å². The number of rotatable bonds is 9. The quantitative estimate of drug-likeness (QED) is 0.145. The largest absolute Gasteiger partial charge is 0.493 e. The average molecular weight is 772 g/mol. The number of hydrogen-bond donors (Lipinski definition) is 1. The second-order valence-electron chi connectivity index (χ2n) is 11.7. The van der Waals surface area contributed by atoms with E-state index in [1.54, 1.807) is 40.8 Å². The van der Waals surface area contributed by atoms with E-state index >= 15 is 0 Å². The molecule has 0 aliphatic carbocycles. The van der Waals surface area contributed by atoms with Gasteiger partial charge >= 0.3 is 0 Å². The van der Waals surface area contributed by atoms with Crippen molar-refractivity contribution >= 4 is 73.2 Å². The Morgan fingerprint density at radius 3 is 1.63 bits per heavy atom. The first-order chi connectivity index (χ1) is 23.9. The molecule has 0 aliphatic heterocycles. The van der Waals surface area contributed by atoms with E-state index in [2.05, 4.69) is 9.97 Å². The van der Waals surface area contributed by atoms with Gasteiger partial charge in [0.25, 0.3) is 0 Å². The fourth-order valence-corrected chi connectivity index (χ4v) is 7.03. The Labute approximate surface area is 317 Å². The van der Waals surface area contributed by atoms with Crippen LogP contribution in [0.5, 0.6) is 23.0 Å². The van der Waals surface area contributed by atoms with Crippen molar-refractivity contribution < 1.29 is 28.8 Å². The number of benzene rings is 4. The first kappa shape index (κ1) is 41.5. The number of carbonyl (C=O) groups is 1. The highest BCUT2D eigenvalue weighted by atomic mass is 35.5. The lowest BCUT2D eigenvalue weighted by Crippen LogP contribution is -2.32. The van der Waals surface area contributed by atoms with Gasteiger partial charge in [-0.1, -0.05) is 82.6 Å². The zero-order valence-corrected chi connectivity index (χ0v) is 32.3. The van der Waals surface area contributed by atoms with Gasteiger partial charge in [0.1, 0.15) is 5.60 Å². The van der Waals surface area contributed by atoms with Gasteiger partial charge < -0.3 is 24.1 Å². The SMILES string of the molecule is C.COc1cc2ccc(C(=O)C(C)C)cc2cc1OC.COc1cc2ccc(C(O)(c3cnc(Cl)s3)C(C)C)cc2cc1OC.Clc1nccs1. The molecule has 1 atom stereocenters. The van der Waals surface area contributed by atoms with Crippen molar-refractivity contribution in [3.63, 3.8) is 0 Å². The number of ketones is 1. The van der Waals surface area contributed by atoms with Gasteiger partial charge in [-0.05, 0) is 69.4 Å². The van der Waals surface area contributed by atoms with Crippen LogP contribution in [0.2, 0.25) is 8.93 Å². The molecule has 1 unspecified atom stereocenters. The second kappa shape index (κ2) is 18.5. The number of hydrogen-bond acceptors (Lipinski definition) is 10. The van der Waals surface area contributed by atoms with Crippen LogP contribution in [0, 0.1) is 11.8 Å². The highest BCUT2D eigenvalue weighted by Gasteiger charge is 2.37. The van der Waals surface area contributed by atoms with Crippen LogP contribution < -0.4 is 18.9 Å². The van der Waals surface area contributed by atoms with E-state index in [-0.39, 0.29) is 25.0 Å². The number of thiazole rings is 2. The molecule has 0 saturated carbocycles. The molecular formula is C39H44Cl2N2O6S2. The zero-order chi connectivity index (χ0) is 36.6. The number of ether oxygens (including phenoxy) is 4. The highest BCUT2D eigenvalue weighted by molar-refractivity contribution is 7.15. The van der Waals surface area contributed by atoms with Gasteiger partial charge in [0, 0.05) is 29.3 Å². The molecule has 6 rings (SSSR count). The van der Waals surface area contributed by atoms with E-state index in [1.807, 2.05) is 93.7 Å². The van der Waals surface area contributed by atoms with Gasteiger partial charge in [0.2, 0.25) is 0 Å². The Bertz CT molecular complexity index is 2050. The summed E-state index contributed by atoms with van der Waals surface area (Å²) in [6.45, 7) is 7.77. The van der Waals surface area contributed by atoms with Crippen molar-refractivity contribution in [2.75, 3.05) is 28.4 Å². The molecule has 0 fully saturated rings. The maximum atomic E-state index is 12.0. The zero-order valence-electron chi connectivity index (χ0n) is 29.1. The predicted octanol–water partition coefficient (Wildman–Crippen LogP) is 11.0. The summed E-state index contributed by atoms with van der Waals surface area (Å²) in [4.78, 5) is 20.5. The second-order valence-corrected chi connectivity index (χ2v) is 14.8.